The molecule has 0 aromatic carbocycles. The van der Waals surface area contributed by atoms with Gasteiger partial charge in [-0.15, -0.1) is 0 Å². The van der Waals surface area contributed by atoms with Crippen molar-refractivity contribution in [2.45, 2.75) is 38.8 Å². The van der Waals surface area contributed by atoms with Gasteiger partial charge in [-0.3, -0.25) is 0 Å². The highest BCUT2D eigenvalue weighted by Gasteiger charge is 2.09. The molecule has 0 fully saturated rings. The van der Waals surface area contributed by atoms with E-state index in [9.17, 15) is 0 Å². The Balaban J connectivity index is 3.50. The van der Waals surface area contributed by atoms with Crippen LogP contribution in [0.5, 0.6) is 0 Å². The number of aliphatic hydroxyl groups is 1. The molecule has 13 heavy (non-hydrogen) atoms. The SMILES string of the molecule is COCCN(C)[C@@H](C)CC[C@H](C)O. The molecule has 0 aliphatic rings. The third-order valence-corrected chi connectivity index (χ3v) is 2.40. The van der Waals surface area contributed by atoms with Crippen LogP contribution in [0.25, 0.3) is 0 Å². The summed E-state index contributed by atoms with van der Waals surface area (Å²) >= 11 is 0. The minimum Gasteiger partial charge on any atom is -0.393 e. The van der Waals surface area contributed by atoms with Crippen LogP contribution in [0.1, 0.15) is 26.7 Å². The first kappa shape index (κ1) is 12.9. The van der Waals surface area contributed by atoms with Crippen LogP contribution >= 0.6 is 0 Å². The van der Waals surface area contributed by atoms with Crippen LogP contribution < -0.4 is 0 Å². The van der Waals surface area contributed by atoms with Gasteiger partial charge in [-0.25, -0.2) is 0 Å². The van der Waals surface area contributed by atoms with Crippen LogP contribution in [-0.2, 0) is 4.74 Å². The first-order valence-corrected chi connectivity index (χ1v) is 4.95. The Labute approximate surface area is 81.7 Å². The normalized spacial score (nSPS) is 16.2. The molecule has 0 unspecified atom stereocenters. The molecule has 0 heterocycles. The highest BCUT2D eigenvalue weighted by molar-refractivity contribution is 4.64. The summed E-state index contributed by atoms with van der Waals surface area (Å²) in [6, 6.07) is 0.518. The van der Waals surface area contributed by atoms with E-state index in [0.29, 0.717) is 6.04 Å². The highest BCUT2D eigenvalue weighted by Crippen LogP contribution is 2.06. The molecule has 0 aromatic rings. The average molecular weight is 189 g/mol. The minimum absolute atomic E-state index is 0.182. The van der Waals surface area contributed by atoms with Crippen molar-refractivity contribution in [2.75, 3.05) is 27.3 Å². The molecule has 0 aliphatic heterocycles. The summed E-state index contributed by atoms with van der Waals surface area (Å²) in [4.78, 5) is 2.26. The van der Waals surface area contributed by atoms with Gasteiger partial charge in [0.15, 0.2) is 0 Å². The third kappa shape index (κ3) is 6.99. The van der Waals surface area contributed by atoms with Crippen molar-refractivity contribution in [2.24, 2.45) is 0 Å². The van der Waals surface area contributed by atoms with Crippen molar-refractivity contribution < 1.29 is 9.84 Å². The smallest absolute Gasteiger partial charge is 0.0589 e. The van der Waals surface area contributed by atoms with Gasteiger partial charge in [0.05, 0.1) is 12.7 Å². The maximum absolute atomic E-state index is 9.12. The molecule has 0 aliphatic carbocycles. The zero-order valence-corrected chi connectivity index (χ0v) is 9.29. The maximum atomic E-state index is 9.12. The monoisotopic (exact) mass is 189 g/mol. The fraction of sp³-hybridized carbons (Fsp3) is 1.00. The van der Waals surface area contributed by atoms with Gasteiger partial charge in [0.1, 0.15) is 0 Å². The Morgan fingerprint density at radius 2 is 1.92 bits per heavy atom. The van der Waals surface area contributed by atoms with Gasteiger partial charge >= 0.3 is 0 Å². The summed E-state index contributed by atoms with van der Waals surface area (Å²) in [6.07, 6.45) is 1.73. The lowest BCUT2D eigenvalue weighted by atomic mass is 10.1. The lowest BCUT2D eigenvalue weighted by molar-refractivity contribution is 0.126. The van der Waals surface area contributed by atoms with Crippen LogP contribution in [0, 0.1) is 0 Å². The number of hydrogen-bond acceptors (Lipinski definition) is 3. The number of methoxy groups -OCH3 is 1. The first-order valence-electron chi connectivity index (χ1n) is 4.95. The number of hydrogen-bond donors (Lipinski definition) is 1. The molecule has 3 nitrogen and oxygen atoms in total. The van der Waals surface area contributed by atoms with Crippen LogP contribution in [0.4, 0.5) is 0 Å². The van der Waals surface area contributed by atoms with Crippen LogP contribution in [0.15, 0.2) is 0 Å². The van der Waals surface area contributed by atoms with E-state index >= 15 is 0 Å². The molecular weight excluding hydrogens is 166 g/mol. The second kappa shape index (κ2) is 7.30. The molecule has 1 N–H and O–H groups in total. The van der Waals surface area contributed by atoms with E-state index in [0.717, 1.165) is 26.0 Å². The van der Waals surface area contributed by atoms with Gasteiger partial charge < -0.3 is 14.7 Å². The van der Waals surface area contributed by atoms with Gasteiger partial charge in [0, 0.05) is 19.7 Å². The molecule has 0 saturated carbocycles. The fourth-order valence-corrected chi connectivity index (χ4v) is 1.16. The van der Waals surface area contributed by atoms with E-state index < -0.39 is 0 Å². The fourth-order valence-electron chi connectivity index (χ4n) is 1.16. The second-order valence-electron chi connectivity index (χ2n) is 3.75. The summed E-state index contributed by atoms with van der Waals surface area (Å²) in [5.74, 6) is 0. The topological polar surface area (TPSA) is 32.7 Å². The lowest BCUT2D eigenvalue weighted by Gasteiger charge is -2.24. The van der Waals surface area contributed by atoms with Gasteiger partial charge in [-0.05, 0) is 33.7 Å². The Kier molecular flexibility index (Phi) is 7.23. The highest BCUT2D eigenvalue weighted by atomic mass is 16.5. The molecule has 0 bridgehead atoms. The van der Waals surface area contributed by atoms with E-state index in [1.54, 1.807) is 7.11 Å². The Hall–Kier alpha value is -0.120. The van der Waals surface area contributed by atoms with Crippen molar-refractivity contribution in [1.29, 1.82) is 0 Å². The maximum Gasteiger partial charge on any atom is 0.0589 e. The van der Waals surface area contributed by atoms with Crippen molar-refractivity contribution in [1.82, 2.24) is 4.90 Å². The largest absolute Gasteiger partial charge is 0.393 e. The third-order valence-electron chi connectivity index (χ3n) is 2.40. The molecule has 0 aromatic heterocycles. The van der Waals surface area contributed by atoms with E-state index in [1.165, 1.54) is 0 Å². The number of likely N-dealkylation sites (N-methyl/N-ethyl adjacent to an activating group) is 1. The van der Waals surface area contributed by atoms with Crippen LogP contribution in [0.2, 0.25) is 0 Å². The lowest BCUT2D eigenvalue weighted by Crippen LogP contribution is -2.32. The summed E-state index contributed by atoms with van der Waals surface area (Å²) < 4.78 is 5.00. The standard InChI is InChI=1S/C10H23NO2/c1-9(5-6-10(2)12)11(3)7-8-13-4/h9-10,12H,5-8H2,1-4H3/t9-,10-/m0/s1. The number of aliphatic hydroxyl groups excluding tert-OH is 1. The van der Waals surface area contributed by atoms with Crippen molar-refractivity contribution >= 4 is 0 Å². The summed E-state index contributed by atoms with van der Waals surface area (Å²) in [7, 11) is 3.81. The van der Waals surface area contributed by atoms with Crippen LogP contribution in [-0.4, -0.2) is 49.5 Å². The summed E-state index contributed by atoms with van der Waals surface area (Å²) in [5, 5.41) is 9.12. The van der Waals surface area contributed by atoms with E-state index in [2.05, 4.69) is 18.9 Å². The van der Waals surface area contributed by atoms with E-state index in [-0.39, 0.29) is 6.10 Å². The van der Waals surface area contributed by atoms with Gasteiger partial charge in [-0.2, -0.15) is 0 Å². The molecule has 2 atom stereocenters. The quantitative estimate of drug-likeness (QED) is 0.651. The molecule has 0 amide bonds. The first-order chi connectivity index (χ1) is 6.07. The molecular formula is C10H23NO2. The molecule has 3 heteroatoms. The number of ether oxygens (including phenoxy) is 1. The van der Waals surface area contributed by atoms with Crippen molar-refractivity contribution in [3.63, 3.8) is 0 Å². The Morgan fingerprint density at radius 3 is 2.38 bits per heavy atom. The predicted octanol–water partition coefficient (Wildman–Crippen LogP) is 1.11. The zero-order chi connectivity index (χ0) is 10.3. The summed E-state index contributed by atoms with van der Waals surface area (Å²) in [5.41, 5.74) is 0. The molecule has 0 saturated heterocycles. The second-order valence-corrected chi connectivity index (χ2v) is 3.75. The molecule has 80 valence electrons. The van der Waals surface area contributed by atoms with Crippen molar-refractivity contribution in [3.05, 3.63) is 0 Å². The Morgan fingerprint density at radius 1 is 1.31 bits per heavy atom. The molecule has 0 spiro atoms. The zero-order valence-electron chi connectivity index (χ0n) is 9.29. The van der Waals surface area contributed by atoms with E-state index in [1.807, 2.05) is 6.92 Å². The van der Waals surface area contributed by atoms with Gasteiger partial charge in [0.2, 0.25) is 0 Å². The Bertz CT molecular complexity index is 117. The van der Waals surface area contributed by atoms with Gasteiger partial charge in [-0.1, -0.05) is 0 Å². The van der Waals surface area contributed by atoms with E-state index in [4.69, 9.17) is 9.84 Å². The predicted molar refractivity (Wildman–Crippen MR) is 54.9 cm³/mol. The molecule has 0 radical (unpaired) electrons. The molecule has 0 rings (SSSR count). The number of nitrogens with zero attached hydrogens (tertiary/aromatic N) is 1. The average Bonchev–Trinajstić information content (AvgIpc) is 2.10. The summed E-state index contributed by atoms with van der Waals surface area (Å²) in [6.45, 7) is 5.74. The van der Waals surface area contributed by atoms with Crippen molar-refractivity contribution in [3.8, 4) is 0 Å². The number of rotatable bonds is 7. The van der Waals surface area contributed by atoms with Gasteiger partial charge in [0.25, 0.3) is 0 Å². The van der Waals surface area contributed by atoms with Crippen LogP contribution in [0.3, 0.4) is 0 Å². The minimum atomic E-state index is -0.182.